The van der Waals surface area contributed by atoms with Crippen molar-refractivity contribution in [3.8, 4) is 11.5 Å². The van der Waals surface area contributed by atoms with Crippen LogP contribution in [0.4, 0.5) is 0 Å². The van der Waals surface area contributed by atoms with Crippen molar-refractivity contribution in [3.63, 3.8) is 0 Å². The van der Waals surface area contributed by atoms with Crippen LogP contribution in [0.3, 0.4) is 0 Å². The highest BCUT2D eigenvalue weighted by molar-refractivity contribution is 6.30. The third-order valence-electron chi connectivity index (χ3n) is 3.83. The Hall–Kier alpha value is -2.20. The SMILES string of the molecule is CC[C@@H](NC(=O)Cc1ccc(Cl)cc1)c1ccc(OC)c(OC)c1. The third-order valence-corrected chi connectivity index (χ3v) is 4.08. The molecule has 0 saturated heterocycles. The van der Waals surface area contributed by atoms with Crippen molar-refractivity contribution in [1.82, 2.24) is 5.32 Å². The van der Waals surface area contributed by atoms with Crippen LogP contribution < -0.4 is 14.8 Å². The monoisotopic (exact) mass is 347 g/mol. The summed E-state index contributed by atoms with van der Waals surface area (Å²) in [5.41, 5.74) is 1.92. The van der Waals surface area contributed by atoms with Crippen molar-refractivity contribution >= 4 is 17.5 Å². The van der Waals surface area contributed by atoms with Gasteiger partial charge in [0.05, 0.1) is 26.7 Å². The summed E-state index contributed by atoms with van der Waals surface area (Å²) in [6.07, 6.45) is 1.10. The fraction of sp³-hybridized carbons (Fsp3) is 0.316. The Balaban J connectivity index is 2.08. The minimum Gasteiger partial charge on any atom is -0.493 e. The zero-order chi connectivity index (χ0) is 17.5. The Kier molecular flexibility index (Phi) is 6.50. The lowest BCUT2D eigenvalue weighted by Gasteiger charge is -2.19. The first-order chi connectivity index (χ1) is 11.6. The molecule has 1 amide bonds. The van der Waals surface area contributed by atoms with Gasteiger partial charge in [0.1, 0.15) is 0 Å². The van der Waals surface area contributed by atoms with Gasteiger partial charge >= 0.3 is 0 Å². The van der Waals surface area contributed by atoms with Gasteiger partial charge in [0.25, 0.3) is 0 Å². The molecule has 0 saturated carbocycles. The fourth-order valence-corrected chi connectivity index (χ4v) is 2.65. The number of halogens is 1. The van der Waals surface area contributed by atoms with Crippen molar-refractivity contribution in [2.24, 2.45) is 0 Å². The lowest BCUT2D eigenvalue weighted by atomic mass is 10.0. The topological polar surface area (TPSA) is 47.6 Å². The van der Waals surface area contributed by atoms with Gasteiger partial charge in [-0.2, -0.15) is 0 Å². The average molecular weight is 348 g/mol. The van der Waals surface area contributed by atoms with E-state index in [2.05, 4.69) is 5.32 Å². The Labute approximate surface area is 147 Å². The maximum Gasteiger partial charge on any atom is 0.224 e. The number of rotatable bonds is 7. The molecule has 0 bridgehead atoms. The number of carbonyl (C=O) groups excluding carboxylic acids is 1. The molecular weight excluding hydrogens is 326 g/mol. The molecule has 0 spiro atoms. The summed E-state index contributed by atoms with van der Waals surface area (Å²) < 4.78 is 10.6. The number of benzene rings is 2. The van der Waals surface area contributed by atoms with Crippen molar-refractivity contribution < 1.29 is 14.3 Å². The number of hydrogen-bond acceptors (Lipinski definition) is 3. The molecule has 0 aromatic heterocycles. The third kappa shape index (κ3) is 4.65. The van der Waals surface area contributed by atoms with Crippen LogP contribution in [0.1, 0.15) is 30.5 Å². The molecule has 0 heterocycles. The van der Waals surface area contributed by atoms with E-state index in [9.17, 15) is 4.79 Å². The van der Waals surface area contributed by atoms with Crippen LogP contribution in [-0.4, -0.2) is 20.1 Å². The predicted octanol–water partition coefficient (Wildman–Crippen LogP) is 4.17. The van der Waals surface area contributed by atoms with E-state index in [1.807, 2.05) is 37.3 Å². The van der Waals surface area contributed by atoms with E-state index >= 15 is 0 Å². The summed E-state index contributed by atoms with van der Waals surface area (Å²) in [4.78, 5) is 12.3. The van der Waals surface area contributed by atoms with Crippen molar-refractivity contribution in [3.05, 3.63) is 58.6 Å². The Bertz CT molecular complexity index is 686. The van der Waals surface area contributed by atoms with Crippen LogP contribution in [0.25, 0.3) is 0 Å². The Morgan fingerprint density at radius 2 is 1.75 bits per heavy atom. The molecule has 1 atom stereocenters. The lowest BCUT2D eigenvalue weighted by molar-refractivity contribution is -0.121. The summed E-state index contributed by atoms with van der Waals surface area (Å²) in [7, 11) is 3.20. The van der Waals surface area contributed by atoms with E-state index in [-0.39, 0.29) is 11.9 Å². The molecular formula is C19H22ClNO3. The van der Waals surface area contributed by atoms with Crippen molar-refractivity contribution in [1.29, 1.82) is 0 Å². The van der Waals surface area contributed by atoms with Gasteiger partial charge in [-0.25, -0.2) is 0 Å². The number of hydrogen-bond donors (Lipinski definition) is 1. The molecule has 2 aromatic carbocycles. The molecule has 0 unspecified atom stereocenters. The van der Waals surface area contributed by atoms with Gasteiger partial charge in [-0.1, -0.05) is 36.7 Å². The zero-order valence-corrected chi connectivity index (χ0v) is 14.9. The summed E-state index contributed by atoms with van der Waals surface area (Å²) >= 11 is 5.87. The zero-order valence-electron chi connectivity index (χ0n) is 14.1. The Morgan fingerprint density at radius 1 is 1.08 bits per heavy atom. The first-order valence-corrected chi connectivity index (χ1v) is 8.21. The molecule has 2 rings (SSSR count). The van der Waals surface area contributed by atoms with Crippen LogP contribution >= 0.6 is 11.6 Å². The van der Waals surface area contributed by atoms with E-state index in [0.29, 0.717) is 22.9 Å². The number of nitrogens with one attached hydrogen (secondary N) is 1. The van der Waals surface area contributed by atoms with E-state index in [4.69, 9.17) is 21.1 Å². The van der Waals surface area contributed by atoms with Crippen LogP contribution in [0, 0.1) is 0 Å². The molecule has 0 fully saturated rings. The predicted molar refractivity (Wildman–Crippen MR) is 95.9 cm³/mol. The number of methoxy groups -OCH3 is 2. The first kappa shape index (κ1) is 18.1. The van der Waals surface area contributed by atoms with Crippen molar-refractivity contribution in [2.75, 3.05) is 14.2 Å². The summed E-state index contributed by atoms with van der Waals surface area (Å²) in [6.45, 7) is 2.03. The second-order valence-electron chi connectivity index (χ2n) is 5.45. The van der Waals surface area contributed by atoms with Crippen molar-refractivity contribution in [2.45, 2.75) is 25.8 Å². The van der Waals surface area contributed by atoms with Gasteiger partial charge in [-0.05, 0) is 41.8 Å². The standard InChI is InChI=1S/C19H22ClNO3/c1-4-16(14-7-10-17(23-2)18(12-14)24-3)21-19(22)11-13-5-8-15(20)9-6-13/h5-10,12,16H,4,11H2,1-3H3,(H,21,22)/t16-/m1/s1. The highest BCUT2D eigenvalue weighted by Gasteiger charge is 2.15. The first-order valence-electron chi connectivity index (χ1n) is 7.83. The smallest absolute Gasteiger partial charge is 0.224 e. The minimum atomic E-state index is -0.0791. The van der Waals surface area contributed by atoms with E-state index < -0.39 is 0 Å². The van der Waals surface area contributed by atoms with E-state index in [1.54, 1.807) is 26.4 Å². The summed E-state index contributed by atoms with van der Waals surface area (Å²) in [6, 6.07) is 12.9. The highest BCUT2D eigenvalue weighted by atomic mass is 35.5. The summed E-state index contributed by atoms with van der Waals surface area (Å²) in [5.74, 6) is 1.29. The normalized spacial score (nSPS) is 11.7. The molecule has 0 aliphatic heterocycles. The maximum absolute atomic E-state index is 12.3. The van der Waals surface area contributed by atoms with Gasteiger partial charge in [0.15, 0.2) is 11.5 Å². The fourth-order valence-electron chi connectivity index (χ4n) is 2.52. The molecule has 5 heteroatoms. The van der Waals surface area contributed by atoms with Gasteiger partial charge in [-0.15, -0.1) is 0 Å². The molecule has 1 N–H and O–H groups in total. The molecule has 0 aliphatic rings. The average Bonchev–Trinajstić information content (AvgIpc) is 2.61. The van der Waals surface area contributed by atoms with Gasteiger partial charge in [0, 0.05) is 5.02 Å². The van der Waals surface area contributed by atoms with Crippen LogP contribution in [0.15, 0.2) is 42.5 Å². The molecule has 2 aromatic rings. The highest BCUT2D eigenvalue weighted by Crippen LogP contribution is 2.30. The quantitative estimate of drug-likeness (QED) is 0.817. The second-order valence-corrected chi connectivity index (χ2v) is 5.88. The molecule has 0 radical (unpaired) electrons. The maximum atomic E-state index is 12.3. The van der Waals surface area contributed by atoms with E-state index in [1.165, 1.54) is 0 Å². The number of amides is 1. The van der Waals surface area contributed by atoms with Gasteiger partial charge in [0.2, 0.25) is 5.91 Å². The van der Waals surface area contributed by atoms with Crippen LogP contribution in [0.2, 0.25) is 5.02 Å². The van der Waals surface area contributed by atoms with Gasteiger partial charge < -0.3 is 14.8 Å². The van der Waals surface area contributed by atoms with Crippen LogP contribution in [-0.2, 0) is 11.2 Å². The van der Waals surface area contributed by atoms with Crippen LogP contribution in [0.5, 0.6) is 11.5 Å². The molecule has 4 nitrogen and oxygen atoms in total. The molecule has 0 aliphatic carbocycles. The number of carbonyl (C=O) groups is 1. The Morgan fingerprint density at radius 3 is 2.33 bits per heavy atom. The molecule has 128 valence electrons. The van der Waals surface area contributed by atoms with Gasteiger partial charge in [-0.3, -0.25) is 4.79 Å². The minimum absolute atomic E-state index is 0.0287. The number of ether oxygens (including phenoxy) is 2. The summed E-state index contributed by atoms with van der Waals surface area (Å²) in [5, 5.41) is 3.73. The largest absolute Gasteiger partial charge is 0.493 e. The van der Waals surface area contributed by atoms with E-state index in [0.717, 1.165) is 17.5 Å². The molecule has 24 heavy (non-hydrogen) atoms. The lowest BCUT2D eigenvalue weighted by Crippen LogP contribution is -2.29. The second kappa shape index (κ2) is 8.60.